The van der Waals surface area contributed by atoms with Crippen LogP contribution in [-0.4, -0.2) is 24.5 Å². The molecule has 0 aliphatic carbocycles. The van der Waals surface area contributed by atoms with E-state index in [9.17, 15) is 4.79 Å². The maximum Gasteiger partial charge on any atom is 0.248 e. The third-order valence-corrected chi connectivity index (χ3v) is 6.18. The highest BCUT2D eigenvalue weighted by Gasteiger charge is 2.48. The molecule has 0 bridgehead atoms. The Balaban J connectivity index is 1.92. The van der Waals surface area contributed by atoms with E-state index in [2.05, 4.69) is 75.3 Å². The van der Waals surface area contributed by atoms with Gasteiger partial charge in [0.2, 0.25) is 5.91 Å². The zero-order valence-corrected chi connectivity index (χ0v) is 16.6. The lowest BCUT2D eigenvalue weighted by molar-refractivity contribution is -0.126. The Morgan fingerprint density at radius 1 is 0.957 bits per heavy atom. The molecule has 23 heavy (non-hydrogen) atoms. The minimum atomic E-state index is -0.170. The van der Waals surface area contributed by atoms with E-state index in [1.165, 1.54) is 9.79 Å². The second-order valence-electron chi connectivity index (χ2n) is 5.21. The summed E-state index contributed by atoms with van der Waals surface area (Å²) < 4.78 is 3.12. The number of β-lactam (4-membered cyclic amide) rings is 1. The van der Waals surface area contributed by atoms with Gasteiger partial charge in [-0.3, -0.25) is 4.79 Å². The third-order valence-electron chi connectivity index (χ3n) is 4.02. The van der Waals surface area contributed by atoms with Gasteiger partial charge in [-0.05, 0) is 54.5 Å². The Kier molecular flexibility index (Phi) is 5.56. The molecule has 1 N–H and O–H groups in total. The molecule has 2 atom stereocenters. The molecule has 2 aromatic rings. The highest BCUT2D eigenvalue weighted by Crippen LogP contribution is 2.40. The maximum atomic E-state index is 12.5. The standard InChI is InChI=1S/C17H17IN2OS2/c1-22-13-7-3-11(4-8-13)16-15(19-18)17(21)20(16)12-5-9-14(23-2)10-6-12/h3-10,15-16,19H,1-2H3. The summed E-state index contributed by atoms with van der Waals surface area (Å²) in [6, 6.07) is 16.5. The van der Waals surface area contributed by atoms with E-state index in [0.717, 1.165) is 11.3 Å². The highest BCUT2D eigenvalue weighted by atomic mass is 127. The van der Waals surface area contributed by atoms with Gasteiger partial charge in [-0.15, -0.1) is 23.5 Å². The molecule has 1 saturated heterocycles. The van der Waals surface area contributed by atoms with Gasteiger partial charge in [-0.2, -0.15) is 0 Å². The van der Waals surface area contributed by atoms with Crippen LogP contribution in [0.3, 0.4) is 0 Å². The van der Waals surface area contributed by atoms with Gasteiger partial charge in [-0.25, -0.2) is 3.53 Å². The molecule has 2 aromatic carbocycles. The first-order chi connectivity index (χ1) is 11.2. The van der Waals surface area contributed by atoms with Crippen LogP contribution < -0.4 is 8.43 Å². The summed E-state index contributed by atoms with van der Waals surface area (Å²) in [6.07, 6.45) is 4.12. The van der Waals surface area contributed by atoms with Crippen molar-refractivity contribution >= 4 is 58.0 Å². The minimum absolute atomic E-state index is 0.0374. The van der Waals surface area contributed by atoms with Crippen LogP contribution in [0.2, 0.25) is 0 Å². The van der Waals surface area contributed by atoms with Gasteiger partial charge in [-0.1, -0.05) is 12.1 Å². The molecule has 0 saturated carbocycles. The Morgan fingerprint density at radius 3 is 1.96 bits per heavy atom. The summed E-state index contributed by atoms with van der Waals surface area (Å²) in [5, 5.41) is 0. The molecule has 2 unspecified atom stereocenters. The normalized spacial score (nSPS) is 20.5. The molecule has 1 fully saturated rings. The van der Waals surface area contributed by atoms with Gasteiger partial charge in [0.15, 0.2) is 0 Å². The van der Waals surface area contributed by atoms with Crippen LogP contribution in [0.25, 0.3) is 0 Å². The van der Waals surface area contributed by atoms with E-state index in [1.54, 1.807) is 23.5 Å². The highest BCUT2D eigenvalue weighted by molar-refractivity contribution is 14.1. The van der Waals surface area contributed by atoms with Crippen molar-refractivity contribution in [2.75, 3.05) is 17.4 Å². The summed E-state index contributed by atoms with van der Waals surface area (Å²) in [6.45, 7) is 0. The van der Waals surface area contributed by atoms with Crippen LogP contribution >= 0.6 is 46.4 Å². The lowest BCUT2D eigenvalue weighted by atomic mass is 9.88. The average Bonchev–Trinajstić information content (AvgIpc) is 2.61. The van der Waals surface area contributed by atoms with Crippen molar-refractivity contribution in [3.63, 3.8) is 0 Å². The molecule has 6 heteroatoms. The zero-order valence-electron chi connectivity index (χ0n) is 12.8. The van der Waals surface area contributed by atoms with Crippen molar-refractivity contribution < 1.29 is 4.79 Å². The minimum Gasteiger partial charge on any atom is -0.301 e. The monoisotopic (exact) mass is 456 g/mol. The first-order valence-electron chi connectivity index (χ1n) is 7.17. The topological polar surface area (TPSA) is 32.3 Å². The van der Waals surface area contributed by atoms with Gasteiger partial charge < -0.3 is 4.90 Å². The van der Waals surface area contributed by atoms with E-state index in [-0.39, 0.29) is 18.0 Å². The first-order valence-corrected chi connectivity index (χ1v) is 10.7. The molecule has 120 valence electrons. The predicted molar refractivity (Wildman–Crippen MR) is 108 cm³/mol. The van der Waals surface area contributed by atoms with Crippen LogP contribution in [0, 0.1) is 0 Å². The van der Waals surface area contributed by atoms with Crippen LogP contribution in [0.1, 0.15) is 11.6 Å². The number of halogens is 1. The molecule has 0 radical (unpaired) electrons. The number of hydrogen-bond donors (Lipinski definition) is 1. The fraction of sp³-hybridized carbons (Fsp3) is 0.235. The molecular weight excluding hydrogens is 439 g/mol. The van der Waals surface area contributed by atoms with Crippen molar-refractivity contribution in [1.82, 2.24) is 3.53 Å². The SMILES string of the molecule is CSc1ccc(C2C(NI)C(=O)N2c2ccc(SC)cc2)cc1. The molecule has 1 heterocycles. The largest absolute Gasteiger partial charge is 0.301 e. The molecule has 3 rings (SSSR count). The van der Waals surface area contributed by atoms with Crippen LogP contribution in [0.15, 0.2) is 58.3 Å². The summed E-state index contributed by atoms with van der Waals surface area (Å²) >= 11 is 5.50. The number of carbonyl (C=O) groups excluding carboxylic acids is 1. The summed E-state index contributed by atoms with van der Waals surface area (Å²) in [7, 11) is 0. The van der Waals surface area contributed by atoms with E-state index < -0.39 is 0 Å². The Morgan fingerprint density at radius 2 is 1.48 bits per heavy atom. The van der Waals surface area contributed by atoms with Crippen LogP contribution in [-0.2, 0) is 4.79 Å². The summed E-state index contributed by atoms with van der Waals surface area (Å²) in [5.74, 6) is 0.121. The molecular formula is C17H17IN2OS2. The Bertz CT molecular complexity index is 691. The second-order valence-corrected chi connectivity index (χ2v) is 7.59. The van der Waals surface area contributed by atoms with Crippen LogP contribution in [0.4, 0.5) is 5.69 Å². The van der Waals surface area contributed by atoms with Crippen molar-refractivity contribution in [1.29, 1.82) is 0 Å². The van der Waals surface area contributed by atoms with Gasteiger partial charge >= 0.3 is 0 Å². The van der Waals surface area contributed by atoms with Crippen molar-refractivity contribution in [2.24, 2.45) is 0 Å². The van der Waals surface area contributed by atoms with E-state index in [4.69, 9.17) is 0 Å². The van der Waals surface area contributed by atoms with Crippen molar-refractivity contribution in [3.8, 4) is 0 Å². The average molecular weight is 456 g/mol. The molecule has 3 nitrogen and oxygen atoms in total. The van der Waals surface area contributed by atoms with Crippen molar-refractivity contribution in [3.05, 3.63) is 54.1 Å². The van der Waals surface area contributed by atoms with Crippen molar-refractivity contribution in [2.45, 2.75) is 21.9 Å². The maximum absolute atomic E-state index is 12.5. The number of amides is 1. The van der Waals surface area contributed by atoms with Gasteiger partial charge in [0.05, 0.1) is 6.04 Å². The molecule has 1 aliphatic heterocycles. The number of nitrogens with one attached hydrogen (secondary N) is 1. The van der Waals surface area contributed by atoms with Gasteiger partial charge in [0.25, 0.3) is 0 Å². The number of nitrogens with zero attached hydrogens (tertiary/aromatic N) is 1. The number of anilines is 1. The van der Waals surface area contributed by atoms with E-state index in [1.807, 2.05) is 17.0 Å². The number of benzene rings is 2. The summed E-state index contributed by atoms with van der Waals surface area (Å²) in [4.78, 5) is 16.8. The fourth-order valence-corrected chi connectivity index (χ4v) is 4.19. The summed E-state index contributed by atoms with van der Waals surface area (Å²) in [5.41, 5.74) is 2.11. The molecule has 0 aromatic heterocycles. The fourth-order valence-electron chi connectivity index (χ4n) is 2.77. The predicted octanol–water partition coefficient (Wildman–Crippen LogP) is 4.53. The van der Waals surface area contributed by atoms with E-state index >= 15 is 0 Å². The first kappa shape index (κ1) is 17.1. The van der Waals surface area contributed by atoms with Gasteiger partial charge in [0.1, 0.15) is 6.04 Å². The number of hydrogen-bond acceptors (Lipinski definition) is 4. The molecule has 1 aliphatic rings. The Hall–Kier alpha value is -0.700. The Labute approximate surface area is 159 Å². The van der Waals surface area contributed by atoms with E-state index in [0.29, 0.717) is 0 Å². The molecule has 0 spiro atoms. The lowest BCUT2D eigenvalue weighted by Gasteiger charge is -2.46. The smallest absolute Gasteiger partial charge is 0.248 e. The quantitative estimate of drug-likeness (QED) is 0.310. The zero-order chi connectivity index (χ0) is 16.4. The van der Waals surface area contributed by atoms with Gasteiger partial charge in [0, 0.05) is 38.3 Å². The third kappa shape index (κ3) is 3.26. The number of rotatable bonds is 5. The number of carbonyl (C=O) groups is 1. The molecule has 1 amide bonds. The van der Waals surface area contributed by atoms with Crippen LogP contribution in [0.5, 0.6) is 0 Å². The lowest BCUT2D eigenvalue weighted by Crippen LogP contribution is -2.63. The number of thioether (sulfide) groups is 2. The second kappa shape index (κ2) is 7.46.